The molecule has 0 aliphatic heterocycles. The highest BCUT2D eigenvalue weighted by molar-refractivity contribution is 6.25. The van der Waals surface area contributed by atoms with Gasteiger partial charge in [0.1, 0.15) is 5.75 Å². The number of Topliss-reactive ketones (excluding diaryl/α,β-unsaturated/α-hetero) is 1. The lowest BCUT2D eigenvalue weighted by Crippen LogP contribution is -2.16. The van der Waals surface area contributed by atoms with E-state index < -0.39 is 0 Å². The minimum Gasteiger partial charge on any atom is -0.507 e. The van der Waals surface area contributed by atoms with Crippen molar-refractivity contribution < 1.29 is 14.7 Å². The number of benzene rings is 1. The zero-order valence-electron chi connectivity index (χ0n) is 8.28. The molecule has 0 spiro atoms. The van der Waals surface area contributed by atoms with Gasteiger partial charge in [-0.25, -0.2) is 0 Å². The molecule has 15 heavy (non-hydrogen) atoms. The minimum absolute atomic E-state index is 0.120. The van der Waals surface area contributed by atoms with E-state index in [1.54, 1.807) is 12.1 Å². The molecule has 0 heterocycles. The molecule has 0 aromatic heterocycles. The van der Waals surface area contributed by atoms with Crippen LogP contribution in [-0.4, -0.2) is 16.7 Å². The van der Waals surface area contributed by atoms with Gasteiger partial charge in [-0.05, 0) is 18.6 Å². The molecule has 1 aromatic rings. The van der Waals surface area contributed by atoms with E-state index in [4.69, 9.17) is 0 Å². The Morgan fingerprint density at radius 2 is 2.00 bits per heavy atom. The van der Waals surface area contributed by atoms with Crippen molar-refractivity contribution in [3.63, 3.8) is 0 Å². The molecule has 3 nitrogen and oxygen atoms in total. The molecule has 0 bridgehead atoms. The quantitative estimate of drug-likeness (QED) is 0.758. The average Bonchev–Trinajstić information content (AvgIpc) is 2.23. The molecule has 0 unspecified atom stereocenters. The summed E-state index contributed by atoms with van der Waals surface area (Å²) in [4.78, 5) is 23.4. The van der Waals surface area contributed by atoms with E-state index in [-0.39, 0.29) is 28.4 Å². The van der Waals surface area contributed by atoms with Crippen LogP contribution in [0.4, 0.5) is 0 Å². The Morgan fingerprint density at radius 1 is 1.27 bits per heavy atom. The summed E-state index contributed by atoms with van der Waals surface area (Å²) >= 11 is 0. The highest BCUT2D eigenvalue weighted by Crippen LogP contribution is 2.29. The first-order valence-electron chi connectivity index (χ1n) is 4.76. The summed E-state index contributed by atoms with van der Waals surface area (Å²) < 4.78 is 0. The fourth-order valence-electron chi connectivity index (χ4n) is 1.71. The third kappa shape index (κ3) is 1.36. The van der Waals surface area contributed by atoms with E-state index in [1.807, 2.05) is 6.92 Å². The molecule has 0 saturated heterocycles. The van der Waals surface area contributed by atoms with Crippen molar-refractivity contribution in [1.82, 2.24) is 0 Å². The normalized spacial score (nSPS) is 14.9. The number of carbonyl (C=O) groups is 2. The van der Waals surface area contributed by atoms with Crippen LogP contribution in [0.5, 0.6) is 5.75 Å². The lowest BCUT2D eigenvalue weighted by atomic mass is 9.88. The van der Waals surface area contributed by atoms with Crippen LogP contribution in [0.25, 0.3) is 0 Å². The Bertz CT molecular complexity index is 484. The van der Waals surface area contributed by atoms with Crippen molar-refractivity contribution in [1.29, 1.82) is 0 Å². The Balaban J connectivity index is 2.68. The number of aromatic hydroxyl groups is 1. The van der Waals surface area contributed by atoms with Crippen LogP contribution in [0.15, 0.2) is 29.8 Å². The van der Waals surface area contributed by atoms with Gasteiger partial charge in [0.05, 0.1) is 5.56 Å². The first kappa shape index (κ1) is 9.65. The summed E-state index contributed by atoms with van der Waals surface area (Å²) in [5.74, 6) is -0.576. The Morgan fingerprint density at radius 3 is 2.67 bits per heavy atom. The number of rotatable bonds is 1. The third-order valence-corrected chi connectivity index (χ3v) is 2.51. The fourth-order valence-corrected chi connectivity index (χ4v) is 1.71. The molecule has 1 aliphatic carbocycles. The van der Waals surface area contributed by atoms with E-state index in [0.29, 0.717) is 12.0 Å². The van der Waals surface area contributed by atoms with Gasteiger partial charge in [-0.1, -0.05) is 19.1 Å². The van der Waals surface area contributed by atoms with Gasteiger partial charge in [-0.2, -0.15) is 0 Å². The van der Waals surface area contributed by atoms with Gasteiger partial charge < -0.3 is 5.11 Å². The molecule has 2 rings (SSSR count). The first-order valence-corrected chi connectivity index (χ1v) is 4.76. The third-order valence-electron chi connectivity index (χ3n) is 2.51. The topological polar surface area (TPSA) is 54.4 Å². The lowest BCUT2D eigenvalue weighted by molar-refractivity contribution is 0.0979. The van der Waals surface area contributed by atoms with Crippen LogP contribution in [0.1, 0.15) is 34.1 Å². The summed E-state index contributed by atoms with van der Waals surface area (Å²) in [6, 6.07) is 4.53. The van der Waals surface area contributed by atoms with Crippen LogP contribution in [0.2, 0.25) is 0 Å². The molecule has 0 fully saturated rings. The fraction of sp³-hybridized carbons (Fsp3) is 0.167. The van der Waals surface area contributed by atoms with E-state index in [0.717, 1.165) is 0 Å². The summed E-state index contributed by atoms with van der Waals surface area (Å²) in [6.45, 7) is 1.81. The second-order valence-corrected chi connectivity index (χ2v) is 3.42. The molecular weight excluding hydrogens is 192 g/mol. The highest BCUT2D eigenvalue weighted by atomic mass is 16.3. The standard InChI is InChI=1S/C12H10O3/c1-2-7-6-10(14)8-4-3-5-9(13)11(8)12(7)15/h3-6,13H,2H2,1H3. The average molecular weight is 202 g/mol. The van der Waals surface area contributed by atoms with Crippen molar-refractivity contribution in [2.24, 2.45) is 0 Å². The maximum absolute atomic E-state index is 11.8. The monoisotopic (exact) mass is 202 g/mol. The molecule has 1 N–H and O–H groups in total. The van der Waals surface area contributed by atoms with E-state index in [9.17, 15) is 14.7 Å². The number of fused-ring (bicyclic) bond motifs is 1. The lowest BCUT2D eigenvalue weighted by Gasteiger charge is -2.14. The zero-order chi connectivity index (χ0) is 11.0. The van der Waals surface area contributed by atoms with Crippen LogP contribution >= 0.6 is 0 Å². The molecular formula is C12H10O3. The Labute approximate surface area is 87.0 Å². The first-order chi connectivity index (χ1) is 7.15. The molecule has 1 aromatic carbocycles. The summed E-state index contributed by atoms with van der Waals surface area (Å²) in [7, 11) is 0. The molecule has 76 valence electrons. The van der Waals surface area contributed by atoms with Gasteiger partial charge in [-0.3, -0.25) is 9.59 Å². The second-order valence-electron chi connectivity index (χ2n) is 3.42. The number of phenolic OH excluding ortho intramolecular Hbond substituents is 1. The molecule has 0 saturated carbocycles. The maximum Gasteiger partial charge on any atom is 0.193 e. The largest absolute Gasteiger partial charge is 0.507 e. The van der Waals surface area contributed by atoms with Gasteiger partial charge in [0.15, 0.2) is 11.6 Å². The van der Waals surface area contributed by atoms with Crippen LogP contribution < -0.4 is 0 Å². The van der Waals surface area contributed by atoms with E-state index >= 15 is 0 Å². The number of hydrogen-bond acceptors (Lipinski definition) is 3. The SMILES string of the molecule is CCC1=CC(=O)c2cccc(O)c2C1=O. The van der Waals surface area contributed by atoms with E-state index in [1.165, 1.54) is 12.1 Å². The van der Waals surface area contributed by atoms with Gasteiger partial charge in [0, 0.05) is 11.1 Å². The smallest absolute Gasteiger partial charge is 0.193 e. The van der Waals surface area contributed by atoms with Crippen LogP contribution in [0.3, 0.4) is 0 Å². The summed E-state index contributed by atoms with van der Waals surface area (Å²) in [5, 5.41) is 9.56. The van der Waals surface area contributed by atoms with Gasteiger partial charge >= 0.3 is 0 Å². The number of allylic oxidation sites excluding steroid dienone is 2. The molecule has 1 aliphatic rings. The minimum atomic E-state index is -0.245. The molecule has 3 heteroatoms. The maximum atomic E-state index is 11.8. The van der Waals surface area contributed by atoms with E-state index in [2.05, 4.69) is 0 Å². The molecule has 0 radical (unpaired) electrons. The van der Waals surface area contributed by atoms with Gasteiger partial charge in [0.2, 0.25) is 0 Å². The van der Waals surface area contributed by atoms with Crippen molar-refractivity contribution in [3.8, 4) is 5.75 Å². The zero-order valence-corrected chi connectivity index (χ0v) is 8.28. The molecule has 0 atom stereocenters. The van der Waals surface area contributed by atoms with Gasteiger partial charge in [-0.15, -0.1) is 0 Å². The molecule has 0 amide bonds. The number of phenols is 1. The van der Waals surface area contributed by atoms with Crippen LogP contribution in [-0.2, 0) is 0 Å². The van der Waals surface area contributed by atoms with Crippen molar-refractivity contribution in [3.05, 3.63) is 41.0 Å². The Hall–Kier alpha value is -1.90. The van der Waals surface area contributed by atoms with Crippen LogP contribution in [0, 0.1) is 0 Å². The predicted molar refractivity (Wildman–Crippen MR) is 55.1 cm³/mol. The van der Waals surface area contributed by atoms with Crippen molar-refractivity contribution in [2.75, 3.05) is 0 Å². The number of ketones is 2. The van der Waals surface area contributed by atoms with Crippen molar-refractivity contribution >= 4 is 11.6 Å². The summed E-state index contributed by atoms with van der Waals surface area (Å²) in [5.41, 5.74) is 0.882. The highest BCUT2D eigenvalue weighted by Gasteiger charge is 2.26. The Kier molecular flexibility index (Phi) is 2.15. The predicted octanol–water partition coefficient (Wildman–Crippen LogP) is 2.11. The number of carbonyl (C=O) groups excluding carboxylic acids is 2. The van der Waals surface area contributed by atoms with Gasteiger partial charge in [0.25, 0.3) is 0 Å². The second kappa shape index (κ2) is 3.35. The van der Waals surface area contributed by atoms with Crippen molar-refractivity contribution in [2.45, 2.75) is 13.3 Å². The summed E-state index contributed by atoms with van der Waals surface area (Å²) in [6.07, 6.45) is 1.85. The number of hydrogen-bond donors (Lipinski definition) is 1.